The van der Waals surface area contributed by atoms with Crippen LogP contribution in [0.4, 0.5) is 0 Å². The summed E-state index contributed by atoms with van der Waals surface area (Å²) in [5.41, 5.74) is 5.76. The average Bonchev–Trinajstić information content (AvgIpc) is 3.71. The zero-order valence-corrected chi connectivity index (χ0v) is 29.1. The second-order valence-electron chi connectivity index (χ2n) is 11.4. The minimum Gasteiger partial charge on any atom is -0.394 e. The van der Waals surface area contributed by atoms with E-state index in [0.717, 1.165) is 16.8 Å². The van der Waals surface area contributed by atoms with Crippen LogP contribution in [0.1, 0.15) is 56.2 Å². The van der Waals surface area contributed by atoms with Gasteiger partial charge in [-0.3, -0.25) is 0 Å². The largest absolute Gasteiger partial charge is 0.400 e. The Labute approximate surface area is 286 Å². The van der Waals surface area contributed by atoms with E-state index in [-0.39, 0.29) is 36.8 Å². The second-order valence-corrected chi connectivity index (χ2v) is 13.5. The van der Waals surface area contributed by atoms with Gasteiger partial charge in [0.05, 0.1) is 48.8 Å². The molecular formula is C35H45NO10S2. The van der Waals surface area contributed by atoms with Gasteiger partial charge in [-0.2, -0.15) is 8.42 Å². The highest BCUT2D eigenvalue weighted by molar-refractivity contribution is 7.95. The minimum atomic E-state index is -3.60. The van der Waals surface area contributed by atoms with Crippen LogP contribution < -0.4 is 4.89 Å². The lowest BCUT2D eigenvalue weighted by molar-refractivity contribution is -0.0783. The van der Waals surface area contributed by atoms with E-state index in [1.54, 1.807) is 20.8 Å². The van der Waals surface area contributed by atoms with Gasteiger partial charge >= 0.3 is 10.4 Å². The van der Waals surface area contributed by atoms with Gasteiger partial charge < -0.3 is 30.3 Å². The number of benzene rings is 3. The number of rotatable bonds is 9. The van der Waals surface area contributed by atoms with E-state index >= 15 is 0 Å². The molecule has 1 aliphatic heterocycles. The summed E-state index contributed by atoms with van der Waals surface area (Å²) in [6, 6.07) is 27.8. The monoisotopic (exact) mass is 703 g/mol. The van der Waals surface area contributed by atoms with Crippen LogP contribution in [0.25, 0.3) is 17.0 Å². The Kier molecular flexibility index (Phi) is 16.1. The average molecular weight is 704 g/mol. The molecule has 262 valence electrons. The third-order valence-corrected chi connectivity index (χ3v) is 8.48. The summed E-state index contributed by atoms with van der Waals surface area (Å²) in [4.78, 5) is 8.58. The molecule has 0 saturated carbocycles. The topological polar surface area (TPSA) is 168 Å². The molecule has 5 N–H and O–H groups in total. The van der Waals surface area contributed by atoms with Crippen molar-refractivity contribution in [2.45, 2.75) is 70.2 Å². The summed E-state index contributed by atoms with van der Waals surface area (Å²) in [5.74, 6) is 0.669. The normalized spacial score (nSPS) is 19.2. The first-order valence-electron chi connectivity index (χ1n) is 15.5. The van der Waals surface area contributed by atoms with Gasteiger partial charge in [0.1, 0.15) is 6.10 Å². The van der Waals surface area contributed by atoms with E-state index in [4.69, 9.17) is 19.4 Å². The van der Waals surface area contributed by atoms with E-state index < -0.39 is 16.5 Å². The predicted octanol–water partition coefficient (Wildman–Crippen LogP) is 5.67. The fraction of sp³-hybridized carbons (Fsp3) is 0.371. The minimum absolute atomic E-state index is 0.0505. The molecular weight excluding hydrogens is 659 g/mol. The van der Waals surface area contributed by atoms with Crippen LogP contribution in [-0.2, 0) is 29.5 Å². The van der Waals surface area contributed by atoms with Gasteiger partial charge in [-0.15, -0.1) is 4.33 Å². The van der Waals surface area contributed by atoms with Crippen molar-refractivity contribution >= 4 is 39.4 Å². The quantitative estimate of drug-likeness (QED) is 0.0828. The van der Waals surface area contributed by atoms with Gasteiger partial charge in [0.25, 0.3) is 0 Å². The summed E-state index contributed by atoms with van der Waals surface area (Å²) in [6.45, 7) is 6.76. The number of para-hydroxylation sites is 2. The smallest absolute Gasteiger partial charge is 0.394 e. The molecule has 13 heteroatoms. The predicted molar refractivity (Wildman–Crippen MR) is 187 cm³/mol. The molecule has 1 saturated heterocycles. The maximum Gasteiger partial charge on any atom is 0.400 e. The number of hydrogen-bond donors (Lipinski definition) is 5. The van der Waals surface area contributed by atoms with Crippen LogP contribution in [0, 0.1) is 0 Å². The number of nitrogens with one attached hydrogen (secondary N) is 1. The highest BCUT2D eigenvalue weighted by atomic mass is 32.3. The highest BCUT2D eigenvalue weighted by Crippen LogP contribution is 2.46. The summed E-state index contributed by atoms with van der Waals surface area (Å²) in [5, 5.41) is 36.2. The lowest BCUT2D eigenvalue weighted by atomic mass is 10.1. The molecule has 0 radical (unpaired) electrons. The fourth-order valence-corrected chi connectivity index (χ4v) is 6.22. The number of hydrogen-bond acceptors (Lipinski definition) is 11. The van der Waals surface area contributed by atoms with E-state index in [0.29, 0.717) is 18.6 Å². The van der Waals surface area contributed by atoms with Gasteiger partial charge in [-0.1, -0.05) is 66.7 Å². The standard InChI is InChI=1S/C18H18O3S.C11H13NO.C3H6O4S.C3H8O2/c1-13(19)11-15-12-14-7-5-6-10-17(14)18(15)22-21-20-16-8-3-2-4-9-16;1-8(13)6-10-7-9-4-2-3-5-11(9)12-10;1-3-2-6-8(4,5)7-3;1-3(5)2-4/h2-10,12-13,18-19H,11H2,1H3;2-5,7-8,12-13H,6H2,1H3;3H,2H2,1H3;3-5H,2H2,1H3/t13-,18?;8-;2*3-/m0000/s1. The van der Waals surface area contributed by atoms with E-state index in [1.807, 2.05) is 60.7 Å². The molecule has 1 fully saturated rings. The molecule has 1 aliphatic carbocycles. The zero-order valence-electron chi connectivity index (χ0n) is 27.4. The molecule has 1 unspecified atom stereocenters. The van der Waals surface area contributed by atoms with E-state index in [9.17, 15) is 18.6 Å². The molecule has 0 amide bonds. The third-order valence-electron chi connectivity index (χ3n) is 6.59. The van der Waals surface area contributed by atoms with Crippen molar-refractivity contribution in [3.63, 3.8) is 0 Å². The summed E-state index contributed by atoms with van der Waals surface area (Å²) < 4.78 is 34.3. The molecule has 5 atom stereocenters. The first-order chi connectivity index (χ1) is 22.9. The van der Waals surface area contributed by atoms with Crippen molar-refractivity contribution in [2.75, 3.05) is 13.2 Å². The van der Waals surface area contributed by atoms with Crippen molar-refractivity contribution in [1.29, 1.82) is 0 Å². The zero-order chi connectivity index (χ0) is 35.1. The van der Waals surface area contributed by atoms with Crippen molar-refractivity contribution in [3.05, 3.63) is 107 Å². The maximum absolute atomic E-state index is 10.2. The molecule has 6 rings (SSSR count). The lowest BCUT2D eigenvalue weighted by Gasteiger charge is -2.16. The molecule has 2 aliphatic rings. The van der Waals surface area contributed by atoms with Crippen molar-refractivity contribution in [2.24, 2.45) is 0 Å². The van der Waals surface area contributed by atoms with Crippen molar-refractivity contribution in [1.82, 2.24) is 4.98 Å². The first kappa shape index (κ1) is 39.2. The Morgan fingerprint density at radius 1 is 0.896 bits per heavy atom. The van der Waals surface area contributed by atoms with E-state index in [2.05, 4.69) is 43.7 Å². The first-order valence-corrected chi connectivity index (χ1v) is 17.6. The van der Waals surface area contributed by atoms with Crippen molar-refractivity contribution in [3.8, 4) is 5.75 Å². The van der Waals surface area contributed by atoms with Gasteiger partial charge in [-0.25, -0.2) is 8.37 Å². The summed E-state index contributed by atoms with van der Waals surface area (Å²) in [6.07, 6.45) is 1.91. The van der Waals surface area contributed by atoms with Crippen LogP contribution in [0.15, 0.2) is 90.5 Å². The van der Waals surface area contributed by atoms with Crippen molar-refractivity contribution < 1.29 is 46.4 Å². The second kappa shape index (κ2) is 19.7. The van der Waals surface area contributed by atoms with E-state index in [1.165, 1.54) is 35.5 Å². The third kappa shape index (κ3) is 13.7. The number of aliphatic hydroxyl groups excluding tert-OH is 4. The lowest BCUT2D eigenvalue weighted by Crippen LogP contribution is -2.05. The van der Waals surface area contributed by atoms with Gasteiger partial charge in [0.15, 0.2) is 5.75 Å². The molecule has 48 heavy (non-hydrogen) atoms. The molecule has 0 spiro atoms. The van der Waals surface area contributed by atoms with Crippen LogP contribution in [0.3, 0.4) is 0 Å². The Bertz CT molecular complexity index is 1620. The van der Waals surface area contributed by atoms with Crippen LogP contribution >= 0.6 is 12.0 Å². The Balaban J connectivity index is 0.000000202. The van der Waals surface area contributed by atoms with Gasteiger partial charge in [0, 0.05) is 17.6 Å². The molecule has 2 heterocycles. The fourth-order valence-electron chi connectivity index (χ4n) is 4.55. The Morgan fingerprint density at radius 2 is 1.52 bits per heavy atom. The molecule has 3 aromatic carbocycles. The highest BCUT2D eigenvalue weighted by Gasteiger charge is 2.28. The number of aliphatic hydroxyl groups is 4. The summed E-state index contributed by atoms with van der Waals surface area (Å²) >= 11 is 1.27. The van der Waals surface area contributed by atoms with Crippen LogP contribution in [0.5, 0.6) is 5.75 Å². The SMILES string of the molecule is C[C@H](O)CC1=Cc2ccccc2C1SOOc1ccccc1.C[C@H](O)CO.C[C@H](O)Cc1cc2ccccc2[nH]1.C[C@H]1COS(=O)(=O)O1. The number of aromatic nitrogens is 1. The van der Waals surface area contributed by atoms with Crippen LogP contribution in [0.2, 0.25) is 0 Å². The Hall–Kier alpha value is -3.24. The maximum atomic E-state index is 10.2. The molecule has 0 bridgehead atoms. The number of aromatic amines is 1. The van der Waals surface area contributed by atoms with Gasteiger partial charge in [-0.05, 0) is 80.5 Å². The molecule has 11 nitrogen and oxygen atoms in total. The molecule has 4 aromatic rings. The van der Waals surface area contributed by atoms with Crippen LogP contribution in [-0.4, -0.2) is 71.5 Å². The van der Waals surface area contributed by atoms with Gasteiger partial charge in [0.2, 0.25) is 0 Å². The molecule has 1 aromatic heterocycles. The number of H-pyrrole nitrogens is 1. The Morgan fingerprint density at radius 3 is 2.08 bits per heavy atom. The summed E-state index contributed by atoms with van der Waals surface area (Å²) in [7, 11) is -3.60. The number of fused-ring (bicyclic) bond motifs is 2.